The molecule has 0 heterocycles. The lowest BCUT2D eigenvalue weighted by molar-refractivity contribution is 0.233. The molecule has 0 radical (unpaired) electrons. The first kappa shape index (κ1) is 19.7. The normalized spacial score (nSPS) is 11.9. The van der Waals surface area contributed by atoms with E-state index in [1.54, 1.807) is 25.3 Å². The summed E-state index contributed by atoms with van der Waals surface area (Å²) < 4.78 is 18.8. The average Bonchev–Trinajstić information content (AvgIpc) is 2.63. The van der Waals surface area contributed by atoms with E-state index in [0.29, 0.717) is 25.1 Å². The van der Waals surface area contributed by atoms with Crippen LogP contribution in [-0.4, -0.2) is 45.2 Å². The summed E-state index contributed by atoms with van der Waals surface area (Å²) >= 11 is 0. The zero-order chi connectivity index (χ0) is 18.9. The van der Waals surface area contributed by atoms with E-state index in [2.05, 4.69) is 10.6 Å². The van der Waals surface area contributed by atoms with Gasteiger partial charge in [0.2, 0.25) is 0 Å². The van der Waals surface area contributed by atoms with Crippen LogP contribution in [0.15, 0.2) is 48.5 Å². The summed E-state index contributed by atoms with van der Waals surface area (Å²) in [4.78, 5) is 14.1. The predicted octanol–water partition coefficient (Wildman–Crippen LogP) is 2.98. The molecule has 2 rings (SSSR count). The van der Waals surface area contributed by atoms with Crippen molar-refractivity contribution in [3.8, 4) is 5.75 Å². The van der Waals surface area contributed by atoms with Crippen LogP contribution < -0.4 is 15.4 Å². The lowest BCUT2D eigenvalue weighted by Gasteiger charge is -2.25. The van der Waals surface area contributed by atoms with Crippen molar-refractivity contribution < 1.29 is 13.9 Å². The molecule has 0 spiro atoms. The first-order valence-electron chi connectivity index (χ1n) is 8.56. The summed E-state index contributed by atoms with van der Waals surface area (Å²) in [6.07, 6.45) is 0.451. The van der Waals surface area contributed by atoms with Gasteiger partial charge in [0, 0.05) is 13.1 Å². The molecular weight excluding hydrogens is 333 g/mol. The first-order valence-corrected chi connectivity index (χ1v) is 8.56. The number of amides is 2. The molecule has 2 aromatic rings. The summed E-state index contributed by atoms with van der Waals surface area (Å²) in [7, 11) is 5.55. The van der Waals surface area contributed by atoms with Crippen molar-refractivity contribution in [3.05, 3.63) is 65.5 Å². The molecule has 0 aliphatic heterocycles. The molecule has 140 valence electrons. The lowest BCUT2D eigenvalue weighted by atomic mass is 10.1. The number of benzene rings is 2. The fourth-order valence-corrected chi connectivity index (χ4v) is 2.71. The second-order valence-electron chi connectivity index (χ2n) is 6.23. The van der Waals surface area contributed by atoms with E-state index in [1.807, 2.05) is 43.3 Å². The Kier molecular flexibility index (Phi) is 7.41. The maximum atomic E-state index is 13.6. The number of nitrogens with one attached hydrogen (secondary N) is 2. The number of ether oxygens (including phenoxy) is 1. The topological polar surface area (TPSA) is 53.6 Å². The van der Waals surface area contributed by atoms with E-state index in [-0.39, 0.29) is 17.9 Å². The molecule has 1 atom stereocenters. The van der Waals surface area contributed by atoms with Gasteiger partial charge in [0.05, 0.1) is 13.2 Å². The number of nitrogens with zero attached hydrogens (tertiary/aromatic N) is 1. The quantitative estimate of drug-likeness (QED) is 0.762. The molecule has 2 aromatic carbocycles. The van der Waals surface area contributed by atoms with E-state index in [0.717, 1.165) is 11.3 Å². The van der Waals surface area contributed by atoms with Crippen LogP contribution in [-0.2, 0) is 6.42 Å². The van der Waals surface area contributed by atoms with Crippen LogP contribution in [0, 0.1) is 5.82 Å². The van der Waals surface area contributed by atoms with Gasteiger partial charge >= 0.3 is 6.03 Å². The van der Waals surface area contributed by atoms with Gasteiger partial charge < -0.3 is 20.3 Å². The highest BCUT2D eigenvalue weighted by molar-refractivity contribution is 5.73. The number of urea groups is 1. The lowest BCUT2D eigenvalue weighted by Crippen LogP contribution is -2.41. The van der Waals surface area contributed by atoms with E-state index >= 15 is 0 Å². The Morgan fingerprint density at radius 1 is 1.15 bits per heavy atom. The maximum Gasteiger partial charge on any atom is 0.314 e. The third-order valence-corrected chi connectivity index (χ3v) is 4.20. The molecule has 0 aliphatic rings. The molecular formula is C20H26FN3O2. The van der Waals surface area contributed by atoms with Gasteiger partial charge in [-0.05, 0) is 49.8 Å². The van der Waals surface area contributed by atoms with Crippen molar-refractivity contribution in [1.29, 1.82) is 0 Å². The first-order chi connectivity index (χ1) is 12.5. The Hall–Kier alpha value is -2.60. The third-order valence-electron chi connectivity index (χ3n) is 4.20. The van der Waals surface area contributed by atoms with Crippen molar-refractivity contribution >= 4 is 6.03 Å². The minimum atomic E-state index is -0.268. The number of hydrogen-bond acceptors (Lipinski definition) is 3. The smallest absolute Gasteiger partial charge is 0.314 e. The zero-order valence-corrected chi connectivity index (χ0v) is 15.5. The van der Waals surface area contributed by atoms with Crippen molar-refractivity contribution in [3.63, 3.8) is 0 Å². The Bertz CT molecular complexity index is 722. The van der Waals surface area contributed by atoms with E-state index < -0.39 is 0 Å². The third kappa shape index (κ3) is 5.74. The Balaban J connectivity index is 1.84. The molecule has 0 bridgehead atoms. The van der Waals surface area contributed by atoms with Gasteiger partial charge in [0.15, 0.2) is 0 Å². The summed E-state index contributed by atoms with van der Waals surface area (Å²) in [5, 5.41) is 5.64. The van der Waals surface area contributed by atoms with Gasteiger partial charge in [-0.2, -0.15) is 0 Å². The van der Waals surface area contributed by atoms with E-state index in [1.165, 1.54) is 6.07 Å². The van der Waals surface area contributed by atoms with Crippen LogP contribution in [0.1, 0.15) is 17.2 Å². The summed E-state index contributed by atoms with van der Waals surface area (Å²) in [6, 6.07) is 14.1. The number of halogens is 1. The summed E-state index contributed by atoms with van der Waals surface area (Å²) in [6.45, 7) is 0.824. The molecule has 0 saturated heterocycles. The largest absolute Gasteiger partial charge is 0.497 e. The number of likely N-dealkylation sites (N-methyl/N-ethyl adjacent to an activating group) is 1. The molecule has 2 amide bonds. The van der Waals surface area contributed by atoms with Crippen LogP contribution in [0.5, 0.6) is 5.75 Å². The van der Waals surface area contributed by atoms with Gasteiger partial charge in [-0.25, -0.2) is 9.18 Å². The van der Waals surface area contributed by atoms with E-state index in [9.17, 15) is 9.18 Å². The second kappa shape index (κ2) is 9.77. The summed E-state index contributed by atoms with van der Waals surface area (Å²) in [5.74, 6) is 0.532. The molecule has 0 fully saturated rings. The molecule has 0 aromatic heterocycles. The van der Waals surface area contributed by atoms with Crippen LogP contribution >= 0.6 is 0 Å². The predicted molar refractivity (Wildman–Crippen MR) is 101 cm³/mol. The number of methoxy groups -OCH3 is 1. The van der Waals surface area contributed by atoms with Gasteiger partial charge in [0.25, 0.3) is 0 Å². The maximum absolute atomic E-state index is 13.6. The van der Waals surface area contributed by atoms with Crippen LogP contribution in [0.4, 0.5) is 9.18 Å². The Labute approximate surface area is 154 Å². The molecule has 2 N–H and O–H groups in total. The number of carbonyl (C=O) groups excluding carboxylic acids is 1. The standard InChI is InChI=1S/C20H26FN3O2/c1-24(2)19(16-8-6-9-17(13-16)26-3)14-23-20(25)22-12-11-15-7-4-5-10-18(15)21/h4-10,13,19H,11-12,14H2,1-3H3,(H2,22,23,25). The molecule has 5 nitrogen and oxygen atoms in total. The van der Waals surface area contributed by atoms with Gasteiger partial charge in [-0.1, -0.05) is 30.3 Å². The average molecular weight is 359 g/mol. The zero-order valence-electron chi connectivity index (χ0n) is 15.5. The Morgan fingerprint density at radius 2 is 1.92 bits per heavy atom. The molecule has 0 aliphatic carbocycles. The van der Waals surface area contributed by atoms with E-state index in [4.69, 9.17) is 4.74 Å². The van der Waals surface area contributed by atoms with Crippen LogP contribution in [0.3, 0.4) is 0 Å². The monoisotopic (exact) mass is 359 g/mol. The van der Waals surface area contributed by atoms with Gasteiger partial charge in [0.1, 0.15) is 11.6 Å². The molecule has 6 heteroatoms. The molecule has 1 unspecified atom stereocenters. The van der Waals surface area contributed by atoms with Crippen molar-refractivity contribution in [1.82, 2.24) is 15.5 Å². The molecule has 0 saturated carbocycles. The fourth-order valence-electron chi connectivity index (χ4n) is 2.71. The highest BCUT2D eigenvalue weighted by Gasteiger charge is 2.16. The van der Waals surface area contributed by atoms with Crippen molar-refractivity contribution in [2.24, 2.45) is 0 Å². The van der Waals surface area contributed by atoms with Crippen LogP contribution in [0.25, 0.3) is 0 Å². The highest BCUT2D eigenvalue weighted by Crippen LogP contribution is 2.22. The highest BCUT2D eigenvalue weighted by atomic mass is 19.1. The minimum absolute atomic E-state index is 0.0161. The Morgan fingerprint density at radius 3 is 2.62 bits per heavy atom. The fraction of sp³-hybridized carbons (Fsp3) is 0.350. The SMILES string of the molecule is COc1cccc(C(CNC(=O)NCCc2ccccc2F)N(C)C)c1. The second-order valence-corrected chi connectivity index (χ2v) is 6.23. The minimum Gasteiger partial charge on any atom is -0.497 e. The number of carbonyl (C=O) groups is 1. The van der Waals surface area contributed by atoms with Crippen LogP contribution in [0.2, 0.25) is 0 Å². The van der Waals surface area contributed by atoms with Crippen molar-refractivity contribution in [2.45, 2.75) is 12.5 Å². The summed E-state index contributed by atoms with van der Waals surface area (Å²) in [5.41, 5.74) is 1.65. The van der Waals surface area contributed by atoms with Gasteiger partial charge in [-0.15, -0.1) is 0 Å². The number of hydrogen-bond donors (Lipinski definition) is 2. The van der Waals surface area contributed by atoms with Gasteiger partial charge in [-0.3, -0.25) is 0 Å². The number of rotatable bonds is 8. The van der Waals surface area contributed by atoms with Crippen molar-refractivity contribution in [2.75, 3.05) is 34.3 Å². The molecule has 26 heavy (non-hydrogen) atoms.